The lowest BCUT2D eigenvalue weighted by atomic mass is 10.0. The maximum atomic E-state index is 13.2. The smallest absolute Gasteiger partial charge is 0.269 e. The molecule has 1 atom stereocenters. The first-order valence-electron chi connectivity index (χ1n) is 9.56. The van der Waals surface area contributed by atoms with E-state index in [1.54, 1.807) is 45.2 Å². The minimum Gasteiger partial charge on any atom is -0.497 e. The van der Waals surface area contributed by atoms with E-state index < -0.39 is 22.0 Å². The molecule has 1 aliphatic heterocycles. The highest BCUT2D eigenvalue weighted by Crippen LogP contribution is 2.44. The van der Waals surface area contributed by atoms with E-state index in [1.165, 1.54) is 21.3 Å². The van der Waals surface area contributed by atoms with E-state index in [-0.39, 0.29) is 4.91 Å². The summed E-state index contributed by atoms with van der Waals surface area (Å²) in [6.07, 6.45) is 0. The standard InChI is InChI=1S/C22H26N2O6S/c1-13-17-11-19(29-5)20(30-6)12-18(17)24(3)31(26,27)21(13)22(25)23-14(2)15-7-9-16(28-4)10-8-15/h7-12,14H,1-6H3,(H,23,25)/t14-/m1/s1. The van der Waals surface area contributed by atoms with Gasteiger partial charge in [0.15, 0.2) is 16.4 Å². The van der Waals surface area contributed by atoms with Crippen LogP contribution in [0, 0.1) is 0 Å². The molecule has 0 aliphatic carbocycles. The van der Waals surface area contributed by atoms with Crippen molar-refractivity contribution in [3.8, 4) is 17.2 Å². The van der Waals surface area contributed by atoms with Crippen LogP contribution in [-0.4, -0.2) is 42.7 Å². The van der Waals surface area contributed by atoms with Gasteiger partial charge in [-0.25, -0.2) is 8.42 Å². The number of amides is 1. The molecule has 0 fully saturated rings. The summed E-state index contributed by atoms with van der Waals surface area (Å²) in [5.41, 5.74) is 2.15. The average molecular weight is 447 g/mol. The SMILES string of the molecule is COc1ccc([C@@H](C)NC(=O)C2=C(C)c3cc(OC)c(OC)cc3N(C)S2(=O)=O)cc1. The molecule has 2 aromatic rings. The lowest BCUT2D eigenvalue weighted by molar-refractivity contribution is -0.117. The summed E-state index contributed by atoms with van der Waals surface area (Å²) in [4.78, 5) is 12.8. The molecule has 0 saturated carbocycles. The van der Waals surface area contributed by atoms with Crippen molar-refractivity contribution in [3.63, 3.8) is 0 Å². The van der Waals surface area contributed by atoms with E-state index in [4.69, 9.17) is 14.2 Å². The van der Waals surface area contributed by atoms with Crippen LogP contribution in [0.3, 0.4) is 0 Å². The number of benzene rings is 2. The number of nitrogens with zero attached hydrogens (tertiary/aromatic N) is 1. The maximum Gasteiger partial charge on any atom is 0.269 e. The molecule has 1 heterocycles. The molecule has 2 aromatic carbocycles. The molecule has 9 heteroatoms. The Morgan fingerprint density at radius 1 is 1.00 bits per heavy atom. The van der Waals surface area contributed by atoms with Gasteiger partial charge in [0.05, 0.1) is 33.1 Å². The number of allylic oxidation sites excluding steroid dienone is 1. The van der Waals surface area contributed by atoms with Gasteiger partial charge in [0, 0.05) is 18.7 Å². The normalized spacial score (nSPS) is 15.7. The van der Waals surface area contributed by atoms with E-state index in [0.29, 0.717) is 34.1 Å². The van der Waals surface area contributed by atoms with Crippen molar-refractivity contribution in [1.29, 1.82) is 0 Å². The minimum absolute atomic E-state index is 0.296. The van der Waals surface area contributed by atoms with Crippen molar-refractivity contribution >= 4 is 27.2 Å². The van der Waals surface area contributed by atoms with Gasteiger partial charge in [0.1, 0.15) is 5.75 Å². The number of nitrogens with one attached hydrogen (secondary N) is 1. The van der Waals surface area contributed by atoms with Gasteiger partial charge in [0.2, 0.25) is 0 Å². The number of fused-ring (bicyclic) bond motifs is 1. The zero-order chi connectivity index (χ0) is 22.9. The summed E-state index contributed by atoms with van der Waals surface area (Å²) in [5, 5.41) is 2.79. The summed E-state index contributed by atoms with van der Waals surface area (Å²) < 4.78 is 43.3. The molecule has 0 radical (unpaired) electrons. The molecule has 1 aliphatic rings. The number of hydrogen-bond acceptors (Lipinski definition) is 6. The van der Waals surface area contributed by atoms with Gasteiger partial charge in [-0.1, -0.05) is 12.1 Å². The van der Waals surface area contributed by atoms with Gasteiger partial charge >= 0.3 is 0 Å². The van der Waals surface area contributed by atoms with Crippen LogP contribution in [0.2, 0.25) is 0 Å². The number of methoxy groups -OCH3 is 3. The van der Waals surface area contributed by atoms with Crippen LogP contribution in [0.5, 0.6) is 17.2 Å². The molecular weight excluding hydrogens is 420 g/mol. The summed E-state index contributed by atoms with van der Waals surface area (Å²) in [5.74, 6) is 0.864. The summed E-state index contributed by atoms with van der Waals surface area (Å²) in [7, 11) is 1.89. The summed E-state index contributed by atoms with van der Waals surface area (Å²) >= 11 is 0. The van der Waals surface area contributed by atoms with Gasteiger partial charge < -0.3 is 19.5 Å². The zero-order valence-electron chi connectivity index (χ0n) is 18.3. The van der Waals surface area contributed by atoms with Crippen molar-refractivity contribution in [2.75, 3.05) is 32.7 Å². The van der Waals surface area contributed by atoms with Crippen molar-refractivity contribution in [3.05, 3.63) is 52.4 Å². The Morgan fingerprint density at radius 3 is 2.13 bits per heavy atom. The Hall–Kier alpha value is -3.20. The maximum absolute atomic E-state index is 13.2. The molecule has 0 saturated heterocycles. The molecule has 0 spiro atoms. The fourth-order valence-electron chi connectivity index (χ4n) is 3.54. The molecule has 8 nitrogen and oxygen atoms in total. The highest BCUT2D eigenvalue weighted by atomic mass is 32.2. The van der Waals surface area contributed by atoms with Crippen LogP contribution < -0.4 is 23.8 Å². The highest BCUT2D eigenvalue weighted by Gasteiger charge is 2.38. The Kier molecular flexibility index (Phi) is 6.17. The van der Waals surface area contributed by atoms with E-state index >= 15 is 0 Å². The third-order valence-corrected chi connectivity index (χ3v) is 7.30. The third-order valence-electron chi connectivity index (χ3n) is 5.37. The largest absolute Gasteiger partial charge is 0.497 e. The number of rotatable bonds is 6. The van der Waals surface area contributed by atoms with Crippen molar-refractivity contribution in [1.82, 2.24) is 5.32 Å². The van der Waals surface area contributed by atoms with Crippen LogP contribution in [-0.2, 0) is 14.8 Å². The van der Waals surface area contributed by atoms with Gasteiger partial charge in [-0.2, -0.15) is 0 Å². The quantitative estimate of drug-likeness (QED) is 0.733. The Morgan fingerprint density at radius 2 is 1.58 bits per heavy atom. The first-order valence-corrected chi connectivity index (χ1v) is 11.0. The number of sulfonamides is 1. The second-order valence-corrected chi connectivity index (χ2v) is 9.03. The molecule has 166 valence electrons. The second kappa shape index (κ2) is 8.50. The van der Waals surface area contributed by atoms with Crippen LogP contribution in [0.25, 0.3) is 5.57 Å². The van der Waals surface area contributed by atoms with Crippen LogP contribution >= 0.6 is 0 Å². The number of carbonyl (C=O) groups is 1. The van der Waals surface area contributed by atoms with E-state index in [0.717, 1.165) is 9.87 Å². The molecule has 31 heavy (non-hydrogen) atoms. The van der Waals surface area contributed by atoms with Gasteiger partial charge in [-0.15, -0.1) is 0 Å². The summed E-state index contributed by atoms with van der Waals surface area (Å²) in [6, 6.07) is 10.1. The van der Waals surface area contributed by atoms with Gasteiger partial charge in [-0.05, 0) is 43.2 Å². The van der Waals surface area contributed by atoms with Gasteiger partial charge in [0.25, 0.3) is 15.9 Å². The highest BCUT2D eigenvalue weighted by molar-refractivity contribution is 7.97. The first-order chi connectivity index (χ1) is 14.6. The number of hydrogen-bond donors (Lipinski definition) is 1. The molecule has 1 N–H and O–H groups in total. The van der Waals surface area contributed by atoms with Gasteiger partial charge in [-0.3, -0.25) is 9.10 Å². The first kappa shape index (κ1) is 22.5. The van der Waals surface area contributed by atoms with E-state index in [2.05, 4.69) is 5.32 Å². The topological polar surface area (TPSA) is 94.2 Å². The average Bonchev–Trinajstić information content (AvgIpc) is 2.76. The fraction of sp³-hybridized carbons (Fsp3) is 0.318. The molecule has 0 aromatic heterocycles. The molecule has 0 bridgehead atoms. The predicted molar refractivity (Wildman–Crippen MR) is 119 cm³/mol. The van der Waals surface area contributed by atoms with Crippen molar-refractivity contribution < 1.29 is 27.4 Å². The van der Waals surface area contributed by atoms with E-state index in [1.807, 2.05) is 12.1 Å². The summed E-state index contributed by atoms with van der Waals surface area (Å²) in [6.45, 7) is 3.40. The number of carbonyl (C=O) groups excluding carboxylic acids is 1. The second-order valence-electron chi connectivity index (χ2n) is 7.12. The zero-order valence-corrected chi connectivity index (χ0v) is 19.2. The number of ether oxygens (including phenoxy) is 3. The Labute approximate surface area is 182 Å². The molecule has 3 rings (SSSR count). The fourth-order valence-corrected chi connectivity index (χ4v) is 5.01. The van der Waals surface area contributed by atoms with Crippen molar-refractivity contribution in [2.24, 2.45) is 0 Å². The molecule has 1 amide bonds. The molecule has 0 unspecified atom stereocenters. The van der Waals surface area contributed by atoms with Crippen molar-refractivity contribution in [2.45, 2.75) is 19.9 Å². The third kappa shape index (κ3) is 3.93. The Balaban J connectivity index is 2.03. The van der Waals surface area contributed by atoms with Crippen LogP contribution in [0.4, 0.5) is 5.69 Å². The molecular formula is C22H26N2O6S. The lowest BCUT2D eigenvalue weighted by Crippen LogP contribution is -2.39. The van der Waals surface area contributed by atoms with E-state index in [9.17, 15) is 13.2 Å². The van der Waals surface area contributed by atoms with Crippen LogP contribution in [0.15, 0.2) is 41.3 Å². The predicted octanol–water partition coefficient (Wildman–Crippen LogP) is 3.10. The van der Waals surface area contributed by atoms with Crippen LogP contribution in [0.1, 0.15) is 31.0 Å². The monoisotopic (exact) mass is 446 g/mol. The minimum atomic E-state index is -4.06. The number of anilines is 1. The lowest BCUT2D eigenvalue weighted by Gasteiger charge is -2.31. The Bertz CT molecular complexity index is 1140.